The molecule has 100 valence electrons. The summed E-state index contributed by atoms with van der Waals surface area (Å²) in [4.78, 5) is 3.30. The average molecular weight is 257 g/mol. The van der Waals surface area contributed by atoms with Crippen molar-refractivity contribution >= 4 is 23.5 Å². The summed E-state index contributed by atoms with van der Waals surface area (Å²) in [6.45, 7) is 10.4. The zero-order chi connectivity index (χ0) is 13.8. The van der Waals surface area contributed by atoms with Gasteiger partial charge in [0.2, 0.25) is 0 Å². The first-order valence-electron chi connectivity index (χ1n) is 6.74. The molecular weight excluding hydrogens is 237 g/mol. The van der Waals surface area contributed by atoms with Crippen molar-refractivity contribution < 1.29 is 9.31 Å². The first kappa shape index (κ1) is 12.8. The van der Waals surface area contributed by atoms with Gasteiger partial charge in [-0.1, -0.05) is 12.1 Å². The van der Waals surface area contributed by atoms with Gasteiger partial charge in [-0.3, -0.25) is 0 Å². The van der Waals surface area contributed by atoms with Crippen molar-refractivity contribution in [3.05, 3.63) is 30.0 Å². The van der Waals surface area contributed by atoms with Crippen LogP contribution in [-0.2, 0) is 9.31 Å². The topological polar surface area (TPSA) is 34.2 Å². The molecule has 0 radical (unpaired) electrons. The standard InChI is InChI=1S/C15H20BNO2/c1-10-6-7-12(13-11(10)8-9-17-13)16-18-14(2,3)15(4,5)19-16/h6-9,17H,1-5H3. The maximum atomic E-state index is 6.13. The molecule has 3 nitrogen and oxygen atoms in total. The molecule has 0 saturated carbocycles. The number of hydrogen-bond donors (Lipinski definition) is 1. The number of nitrogens with one attached hydrogen (secondary N) is 1. The van der Waals surface area contributed by atoms with Crippen LogP contribution >= 0.6 is 0 Å². The minimum Gasteiger partial charge on any atom is -0.399 e. The molecule has 0 amide bonds. The Morgan fingerprint density at radius 3 is 2.26 bits per heavy atom. The number of fused-ring (bicyclic) bond motifs is 1. The summed E-state index contributed by atoms with van der Waals surface area (Å²) in [6.07, 6.45) is 1.96. The van der Waals surface area contributed by atoms with Gasteiger partial charge in [-0.2, -0.15) is 0 Å². The van der Waals surface area contributed by atoms with Crippen molar-refractivity contribution in [1.82, 2.24) is 4.98 Å². The van der Waals surface area contributed by atoms with Gasteiger partial charge in [0.05, 0.1) is 11.2 Å². The summed E-state index contributed by atoms with van der Waals surface area (Å²) in [5.41, 5.74) is 2.84. The van der Waals surface area contributed by atoms with Gasteiger partial charge in [0.25, 0.3) is 0 Å². The van der Waals surface area contributed by atoms with Gasteiger partial charge < -0.3 is 14.3 Å². The zero-order valence-corrected chi connectivity index (χ0v) is 12.2. The van der Waals surface area contributed by atoms with Crippen molar-refractivity contribution in [3.8, 4) is 0 Å². The van der Waals surface area contributed by atoms with E-state index < -0.39 is 0 Å². The second-order valence-corrected chi connectivity index (χ2v) is 6.33. The van der Waals surface area contributed by atoms with Crippen LogP contribution < -0.4 is 5.46 Å². The molecule has 0 spiro atoms. The Morgan fingerprint density at radius 2 is 1.63 bits per heavy atom. The maximum absolute atomic E-state index is 6.13. The molecule has 3 rings (SSSR count). The van der Waals surface area contributed by atoms with Crippen molar-refractivity contribution in [2.45, 2.75) is 45.8 Å². The highest BCUT2D eigenvalue weighted by Crippen LogP contribution is 2.37. The van der Waals surface area contributed by atoms with Crippen LogP contribution in [0, 0.1) is 6.92 Å². The molecule has 0 aliphatic carbocycles. The third-order valence-corrected chi connectivity index (χ3v) is 4.48. The summed E-state index contributed by atoms with van der Waals surface area (Å²) >= 11 is 0. The SMILES string of the molecule is Cc1ccc(B2OC(C)(C)C(C)(C)O2)c2[nH]ccc12. The smallest absolute Gasteiger partial charge is 0.399 e. The van der Waals surface area contributed by atoms with E-state index in [1.165, 1.54) is 10.9 Å². The minimum absolute atomic E-state index is 0.304. The number of aromatic amines is 1. The Morgan fingerprint density at radius 1 is 1.00 bits per heavy atom. The fourth-order valence-electron chi connectivity index (χ4n) is 2.49. The maximum Gasteiger partial charge on any atom is 0.497 e. The second-order valence-electron chi connectivity index (χ2n) is 6.33. The van der Waals surface area contributed by atoms with Gasteiger partial charge in [-0.25, -0.2) is 0 Å². The molecule has 1 aromatic carbocycles. The minimum atomic E-state index is -0.313. The second kappa shape index (κ2) is 3.87. The molecule has 19 heavy (non-hydrogen) atoms. The monoisotopic (exact) mass is 257 g/mol. The Kier molecular flexibility index (Phi) is 2.60. The van der Waals surface area contributed by atoms with E-state index in [0.29, 0.717) is 0 Å². The van der Waals surface area contributed by atoms with E-state index in [1.807, 2.05) is 6.20 Å². The first-order valence-corrected chi connectivity index (χ1v) is 6.74. The normalized spacial score (nSPS) is 21.2. The van der Waals surface area contributed by atoms with Gasteiger partial charge in [0, 0.05) is 22.6 Å². The van der Waals surface area contributed by atoms with Crippen LogP contribution in [0.5, 0.6) is 0 Å². The highest BCUT2D eigenvalue weighted by Gasteiger charge is 2.52. The van der Waals surface area contributed by atoms with Crippen molar-refractivity contribution in [1.29, 1.82) is 0 Å². The van der Waals surface area contributed by atoms with Crippen molar-refractivity contribution in [2.75, 3.05) is 0 Å². The van der Waals surface area contributed by atoms with E-state index in [9.17, 15) is 0 Å². The molecule has 2 heterocycles. The lowest BCUT2D eigenvalue weighted by Gasteiger charge is -2.32. The zero-order valence-electron chi connectivity index (χ0n) is 12.2. The number of rotatable bonds is 1. The van der Waals surface area contributed by atoms with E-state index in [4.69, 9.17) is 9.31 Å². The Hall–Kier alpha value is -1.26. The van der Waals surface area contributed by atoms with Crippen LogP contribution in [0.1, 0.15) is 33.3 Å². The fourth-order valence-corrected chi connectivity index (χ4v) is 2.49. The van der Waals surface area contributed by atoms with Gasteiger partial charge >= 0.3 is 7.12 Å². The lowest BCUT2D eigenvalue weighted by molar-refractivity contribution is 0.00578. The van der Waals surface area contributed by atoms with Gasteiger partial charge in [-0.05, 0) is 46.2 Å². The highest BCUT2D eigenvalue weighted by atomic mass is 16.7. The van der Waals surface area contributed by atoms with E-state index in [-0.39, 0.29) is 18.3 Å². The largest absolute Gasteiger partial charge is 0.497 e. The molecule has 0 atom stereocenters. The molecule has 4 heteroatoms. The van der Waals surface area contributed by atoms with Crippen LogP contribution in [0.2, 0.25) is 0 Å². The molecule has 2 aromatic rings. The number of aromatic nitrogens is 1. The molecule has 1 aromatic heterocycles. The van der Waals surface area contributed by atoms with Gasteiger partial charge in [0.1, 0.15) is 0 Å². The average Bonchev–Trinajstić information content (AvgIpc) is 2.84. The molecular formula is C15H20BNO2. The predicted octanol–water partition coefficient (Wildman–Crippen LogP) is 2.78. The molecule has 1 aliphatic heterocycles. The van der Waals surface area contributed by atoms with E-state index in [2.05, 4.69) is 57.8 Å². The van der Waals surface area contributed by atoms with E-state index >= 15 is 0 Å². The summed E-state index contributed by atoms with van der Waals surface area (Å²) in [7, 11) is -0.313. The van der Waals surface area contributed by atoms with Crippen molar-refractivity contribution in [3.63, 3.8) is 0 Å². The molecule has 1 fully saturated rings. The summed E-state index contributed by atoms with van der Waals surface area (Å²) in [5, 5.41) is 1.23. The fraction of sp³-hybridized carbons (Fsp3) is 0.467. The highest BCUT2D eigenvalue weighted by molar-refractivity contribution is 6.65. The molecule has 1 aliphatic rings. The number of H-pyrrole nitrogens is 1. The summed E-state index contributed by atoms with van der Waals surface area (Å²) in [6, 6.07) is 6.31. The third-order valence-electron chi connectivity index (χ3n) is 4.48. The van der Waals surface area contributed by atoms with Gasteiger partial charge in [-0.15, -0.1) is 0 Å². The third kappa shape index (κ3) is 1.82. The van der Waals surface area contributed by atoms with E-state index in [1.54, 1.807) is 0 Å². The summed E-state index contributed by atoms with van der Waals surface area (Å²) in [5.74, 6) is 0. The predicted molar refractivity (Wildman–Crippen MR) is 78.8 cm³/mol. The summed E-state index contributed by atoms with van der Waals surface area (Å²) < 4.78 is 12.3. The van der Waals surface area contributed by atoms with Crippen LogP contribution in [0.4, 0.5) is 0 Å². The molecule has 1 saturated heterocycles. The number of benzene rings is 1. The van der Waals surface area contributed by atoms with Crippen LogP contribution in [0.25, 0.3) is 10.9 Å². The Bertz CT molecular complexity index is 614. The molecule has 0 bridgehead atoms. The van der Waals surface area contributed by atoms with Crippen LogP contribution in [0.15, 0.2) is 24.4 Å². The van der Waals surface area contributed by atoms with Gasteiger partial charge in [0.15, 0.2) is 0 Å². The van der Waals surface area contributed by atoms with Crippen molar-refractivity contribution in [2.24, 2.45) is 0 Å². The molecule has 0 unspecified atom stereocenters. The van der Waals surface area contributed by atoms with Crippen LogP contribution in [-0.4, -0.2) is 23.3 Å². The Labute approximate surface area is 114 Å². The number of hydrogen-bond acceptors (Lipinski definition) is 2. The number of aryl methyl sites for hydroxylation is 1. The lowest BCUT2D eigenvalue weighted by atomic mass is 9.77. The quantitative estimate of drug-likeness (QED) is 0.797. The lowest BCUT2D eigenvalue weighted by Crippen LogP contribution is -2.41. The van der Waals surface area contributed by atoms with E-state index in [0.717, 1.165) is 11.0 Å². The first-order chi connectivity index (χ1) is 8.82. The molecule has 1 N–H and O–H groups in total. The Balaban J connectivity index is 2.08. The van der Waals surface area contributed by atoms with Crippen LogP contribution in [0.3, 0.4) is 0 Å².